The molecule has 1 aromatic rings. The van der Waals surface area contributed by atoms with Gasteiger partial charge in [0.05, 0.1) is 30.4 Å². The van der Waals surface area contributed by atoms with Crippen LogP contribution in [0.1, 0.15) is 22.7 Å². The van der Waals surface area contributed by atoms with Crippen molar-refractivity contribution >= 4 is 11.3 Å². The maximum absolute atomic E-state index is 9.96. The minimum Gasteiger partial charge on any atom is -0.389 e. The summed E-state index contributed by atoms with van der Waals surface area (Å²) in [6.07, 6.45) is 3.85. The molecule has 1 N–H and O–H groups in total. The van der Waals surface area contributed by atoms with E-state index in [1.165, 1.54) is 4.88 Å². The molecular weight excluding hydrogens is 276 g/mol. The lowest BCUT2D eigenvalue weighted by Crippen LogP contribution is -2.32. The predicted molar refractivity (Wildman–Crippen MR) is 79.0 cm³/mol. The second-order valence-corrected chi connectivity index (χ2v) is 6.69. The van der Waals surface area contributed by atoms with Gasteiger partial charge in [0.15, 0.2) is 0 Å². The van der Waals surface area contributed by atoms with E-state index < -0.39 is 6.10 Å². The molecule has 0 amide bonds. The molecule has 114 valence electrons. The highest BCUT2D eigenvalue weighted by Crippen LogP contribution is 2.14. The molecular formula is C14H24N2O3S. The van der Waals surface area contributed by atoms with Crippen LogP contribution >= 0.6 is 11.3 Å². The number of thiazole rings is 1. The molecule has 1 fully saturated rings. The van der Waals surface area contributed by atoms with Gasteiger partial charge in [-0.15, -0.1) is 11.3 Å². The zero-order chi connectivity index (χ0) is 14.4. The third-order valence-corrected chi connectivity index (χ3v) is 4.15. The molecule has 0 bridgehead atoms. The third-order valence-electron chi connectivity index (χ3n) is 3.26. The Morgan fingerprint density at radius 2 is 2.50 bits per heavy atom. The Labute approximate surface area is 124 Å². The van der Waals surface area contributed by atoms with Crippen LogP contribution in [0.5, 0.6) is 0 Å². The van der Waals surface area contributed by atoms with Crippen molar-refractivity contribution in [2.24, 2.45) is 0 Å². The van der Waals surface area contributed by atoms with Gasteiger partial charge in [0.1, 0.15) is 0 Å². The first-order valence-electron chi connectivity index (χ1n) is 7.10. The van der Waals surface area contributed by atoms with Crippen LogP contribution in [0.3, 0.4) is 0 Å². The van der Waals surface area contributed by atoms with Crippen LogP contribution in [-0.4, -0.2) is 60.6 Å². The number of aliphatic hydroxyl groups excluding tert-OH is 1. The molecule has 1 saturated heterocycles. The van der Waals surface area contributed by atoms with Crippen LogP contribution in [0, 0.1) is 6.92 Å². The van der Waals surface area contributed by atoms with Gasteiger partial charge in [0.2, 0.25) is 0 Å². The Balaban J connectivity index is 1.59. The largest absolute Gasteiger partial charge is 0.389 e. The van der Waals surface area contributed by atoms with Gasteiger partial charge in [-0.2, -0.15) is 0 Å². The molecule has 2 rings (SSSR count). The van der Waals surface area contributed by atoms with Crippen LogP contribution in [0.4, 0.5) is 0 Å². The monoisotopic (exact) mass is 300 g/mol. The number of hydrogen-bond acceptors (Lipinski definition) is 6. The van der Waals surface area contributed by atoms with E-state index in [0.29, 0.717) is 19.8 Å². The Hall–Kier alpha value is -0.530. The summed E-state index contributed by atoms with van der Waals surface area (Å²) in [7, 11) is 2.00. The van der Waals surface area contributed by atoms with E-state index in [1.807, 2.05) is 20.2 Å². The topological polar surface area (TPSA) is 54.8 Å². The lowest BCUT2D eigenvalue weighted by Gasteiger charge is -2.20. The Kier molecular flexibility index (Phi) is 6.38. The van der Waals surface area contributed by atoms with Gasteiger partial charge in [-0.25, -0.2) is 4.98 Å². The van der Waals surface area contributed by atoms with Crippen molar-refractivity contribution in [3.8, 4) is 0 Å². The number of nitrogens with zero attached hydrogens (tertiary/aromatic N) is 2. The number of hydrogen-bond donors (Lipinski definition) is 1. The maximum Gasteiger partial charge on any atom is 0.0900 e. The van der Waals surface area contributed by atoms with Crippen LogP contribution in [0.25, 0.3) is 0 Å². The summed E-state index contributed by atoms with van der Waals surface area (Å²) in [5.74, 6) is 0. The lowest BCUT2D eigenvalue weighted by molar-refractivity contribution is -0.0238. The van der Waals surface area contributed by atoms with Crippen LogP contribution in [-0.2, 0) is 16.0 Å². The molecule has 0 unspecified atom stereocenters. The Morgan fingerprint density at radius 3 is 3.15 bits per heavy atom. The quantitative estimate of drug-likeness (QED) is 0.787. The van der Waals surface area contributed by atoms with E-state index in [0.717, 1.165) is 31.0 Å². The molecule has 1 aliphatic rings. The van der Waals surface area contributed by atoms with Gasteiger partial charge >= 0.3 is 0 Å². The zero-order valence-electron chi connectivity index (χ0n) is 12.2. The number of rotatable bonds is 8. The highest BCUT2D eigenvalue weighted by Gasteiger charge is 2.16. The SMILES string of the molecule is Cc1ncc(CN(C)C[C@@H](O)COC[C@H]2CCCO2)s1. The van der Waals surface area contributed by atoms with Crippen LogP contribution < -0.4 is 0 Å². The zero-order valence-corrected chi connectivity index (χ0v) is 13.1. The molecule has 6 heteroatoms. The average Bonchev–Trinajstić information content (AvgIpc) is 3.01. The fourth-order valence-corrected chi connectivity index (χ4v) is 3.21. The van der Waals surface area contributed by atoms with Gasteiger partial charge in [-0.1, -0.05) is 0 Å². The lowest BCUT2D eigenvalue weighted by atomic mass is 10.2. The summed E-state index contributed by atoms with van der Waals surface area (Å²) in [4.78, 5) is 7.54. The second kappa shape index (κ2) is 8.05. The molecule has 0 spiro atoms. The first-order chi connectivity index (χ1) is 9.63. The molecule has 1 aromatic heterocycles. The van der Waals surface area contributed by atoms with Crippen molar-refractivity contribution in [3.63, 3.8) is 0 Å². The molecule has 2 heterocycles. The smallest absolute Gasteiger partial charge is 0.0900 e. The molecule has 1 aliphatic heterocycles. The van der Waals surface area contributed by atoms with Gasteiger partial charge in [-0.05, 0) is 26.8 Å². The number of aromatic nitrogens is 1. The second-order valence-electron chi connectivity index (χ2n) is 5.37. The molecule has 0 radical (unpaired) electrons. The third kappa shape index (κ3) is 5.46. The van der Waals surface area contributed by atoms with E-state index in [4.69, 9.17) is 9.47 Å². The Bertz CT molecular complexity index is 394. The van der Waals surface area contributed by atoms with Crippen LogP contribution in [0.15, 0.2) is 6.20 Å². The Morgan fingerprint density at radius 1 is 1.65 bits per heavy atom. The van der Waals surface area contributed by atoms with Crippen molar-refractivity contribution in [1.29, 1.82) is 0 Å². The average molecular weight is 300 g/mol. The summed E-state index contributed by atoms with van der Waals surface area (Å²) in [5, 5.41) is 11.0. The van der Waals surface area contributed by atoms with Crippen molar-refractivity contribution in [1.82, 2.24) is 9.88 Å². The number of aliphatic hydroxyl groups is 1. The van der Waals surface area contributed by atoms with Crippen molar-refractivity contribution in [2.75, 3.05) is 33.4 Å². The molecule has 20 heavy (non-hydrogen) atoms. The van der Waals surface area contributed by atoms with Gasteiger partial charge in [-0.3, -0.25) is 4.90 Å². The fourth-order valence-electron chi connectivity index (χ4n) is 2.33. The molecule has 0 aromatic carbocycles. The minimum absolute atomic E-state index is 0.222. The number of aryl methyl sites for hydroxylation is 1. The van der Waals surface area contributed by atoms with E-state index >= 15 is 0 Å². The van der Waals surface area contributed by atoms with Gasteiger partial charge < -0.3 is 14.6 Å². The fraction of sp³-hybridized carbons (Fsp3) is 0.786. The van der Waals surface area contributed by atoms with Gasteiger partial charge in [0.25, 0.3) is 0 Å². The van der Waals surface area contributed by atoms with Crippen molar-refractivity contribution in [2.45, 2.75) is 38.5 Å². The van der Waals surface area contributed by atoms with E-state index in [-0.39, 0.29) is 6.10 Å². The number of likely N-dealkylation sites (N-methyl/N-ethyl adjacent to an activating group) is 1. The molecule has 5 nitrogen and oxygen atoms in total. The highest BCUT2D eigenvalue weighted by atomic mass is 32.1. The standard InChI is InChI=1S/C14H24N2O3S/c1-11-15-6-14(20-11)8-16(2)7-12(17)9-18-10-13-4-3-5-19-13/h6,12-13,17H,3-5,7-10H2,1-2H3/t12-,13-/m1/s1. The molecule has 2 atom stereocenters. The van der Waals surface area contributed by atoms with Crippen molar-refractivity contribution in [3.05, 3.63) is 16.1 Å². The van der Waals surface area contributed by atoms with E-state index in [1.54, 1.807) is 11.3 Å². The summed E-state index contributed by atoms with van der Waals surface area (Å²) >= 11 is 1.70. The maximum atomic E-state index is 9.96. The minimum atomic E-state index is -0.463. The van der Waals surface area contributed by atoms with Crippen molar-refractivity contribution < 1.29 is 14.6 Å². The van der Waals surface area contributed by atoms with Crippen LogP contribution in [0.2, 0.25) is 0 Å². The molecule has 0 saturated carbocycles. The number of ether oxygens (including phenoxy) is 2. The first kappa shape index (κ1) is 15.9. The summed E-state index contributed by atoms with van der Waals surface area (Å²) in [6.45, 7) is 5.22. The van der Waals surface area contributed by atoms with Gasteiger partial charge in [0, 0.05) is 30.8 Å². The van der Waals surface area contributed by atoms with E-state index in [9.17, 15) is 5.11 Å². The predicted octanol–water partition coefficient (Wildman–Crippen LogP) is 1.44. The van der Waals surface area contributed by atoms with E-state index in [2.05, 4.69) is 9.88 Å². The summed E-state index contributed by atoms with van der Waals surface area (Å²) < 4.78 is 11.0. The molecule has 0 aliphatic carbocycles. The summed E-state index contributed by atoms with van der Waals surface area (Å²) in [6, 6.07) is 0. The summed E-state index contributed by atoms with van der Waals surface area (Å²) in [5.41, 5.74) is 0. The first-order valence-corrected chi connectivity index (χ1v) is 7.92. The normalized spacial score (nSPS) is 20.7. The highest BCUT2D eigenvalue weighted by molar-refractivity contribution is 7.11.